The molecule has 0 fully saturated rings. The zero-order valence-corrected chi connectivity index (χ0v) is 22.7. The SMILES string of the molecule is C1=NC=C[N+]=1C1(c2cccc(C3(c4ccn[nH]4)c4ccccc4-c4ccccc43)c2)c2ccccc2-c2ccccc21. The van der Waals surface area contributed by atoms with Crippen molar-refractivity contribution in [1.29, 1.82) is 0 Å². The Morgan fingerprint density at radius 3 is 1.67 bits per heavy atom. The average molecular weight is 538 g/mol. The summed E-state index contributed by atoms with van der Waals surface area (Å²) in [5.74, 6) is 0. The summed E-state index contributed by atoms with van der Waals surface area (Å²) in [5.41, 5.74) is 12.1. The molecule has 2 heterocycles. The minimum Gasteiger partial charge on any atom is -0.281 e. The van der Waals surface area contributed by atoms with E-state index in [1.165, 1.54) is 50.1 Å². The number of fused-ring (bicyclic) bond motifs is 6. The molecule has 1 aliphatic heterocycles. The predicted octanol–water partition coefficient (Wildman–Crippen LogP) is 7.72. The van der Waals surface area contributed by atoms with Gasteiger partial charge >= 0.3 is 6.01 Å². The monoisotopic (exact) mass is 537 g/mol. The normalized spacial score (nSPS) is 16.0. The Bertz CT molecular complexity index is 2050. The first-order valence-corrected chi connectivity index (χ1v) is 14.3. The van der Waals surface area contributed by atoms with Crippen LogP contribution in [0, 0.1) is 0 Å². The zero-order chi connectivity index (χ0) is 27.7. The molecule has 0 radical (unpaired) electrons. The number of aromatic amines is 1. The molecule has 4 nitrogen and oxygen atoms in total. The highest BCUT2D eigenvalue weighted by atomic mass is 15.1. The summed E-state index contributed by atoms with van der Waals surface area (Å²) in [6.07, 6.45) is 5.72. The molecule has 0 amide bonds. The first-order chi connectivity index (χ1) is 20.8. The number of aromatic nitrogens is 2. The first-order valence-electron chi connectivity index (χ1n) is 14.3. The number of aliphatic imine (C=N–C) groups is 1. The summed E-state index contributed by atoms with van der Waals surface area (Å²) < 4.78 is 2.15. The molecule has 0 spiro atoms. The smallest absolute Gasteiger partial charge is 0.281 e. The van der Waals surface area contributed by atoms with Crippen molar-refractivity contribution in [3.05, 3.63) is 185 Å². The van der Waals surface area contributed by atoms with E-state index in [0.717, 1.165) is 11.3 Å². The van der Waals surface area contributed by atoms with Crippen molar-refractivity contribution in [3.63, 3.8) is 0 Å². The van der Waals surface area contributed by atoms with Gasteiger partial charge in [0.15, 0.2) is 11.7 Å². The average Bonchev–Trinajstić information content (AvgIpc) is 3.86. The lowest BCUT2D eigenvalue weighted by Gasteiger charge is -2.34. The molecule has 0 saturated carbocycles. The van der Waals surface area contributed by atoms with Gasteiger partial charge in [0.2, 0.25) is 0 Å². The molecule has 6 aromatic rings. The number of benzene rings is 5. The second kappa shape index (κ2) is 8.47. The first kappa shape index (κ1) is 23.2. The van der Waals surface area contributed by atoms with Crippen molar-refractivity contribution in [3.8, 4) is 22.3 Å². The van der Waals surface area contributed by atoms with Crippen LogP contribution in [0.4, 0.5) is 0 Å². The summed E-state index contributed by atoms with van der Waals surface area (Å²) in [5, 5.41) is 7.84. The van der Waals surface area contributed by atoms with Crippen LogP contribution in [0.15, 0.2) is 151 Å². The third-order valence-corrected chi connectivity index (χ3v) is 9.31. The van der Waals surface area contributed by atoms with Crippen LogP contribution in [0.25, 0.3) is 22.3 Å². The Morgan fingerprint density at radius 1 is 0.571 bits per heavy atom. The molecule has 1 N–H and O–H groups in total. The van der Waals surface area contributed by atoms with Crippen LogP contribution < -0.4 is 0 Å². The summed E-state index contributed by atoms with van der Waals surface area (Å²) in [6, 6.07) is 49.6. The van der Waals surface area contributed by atoms with Gasteiger partial charge in [-0.15, -0.1) is 0 Å². The maximum absolute atomic E-state index is 4.45. The fraction of sp³-hybridized carbons (Fsp3) is 0.0526. The lowest BCUT2D eigenvalue weighted by Crippen LogP contribution is -2.38. The van der Waals surface area contributed by atoms with Gasteiger partial charge < -0.3 is 0 Å². The van der Waals surface area contributed by atoms with E-state index in [1.807, 2.05) is 18.6 Å². The molecule has 0 bridgehead atoms. The second-order valence-corrected chi connectivity index (χ2v) is 11.1. The van der Waals surface area contributed by atoms with Crippen molar-refractivity contribution in [2.45, 2.75) is 11.0 Å². The van der Waals surface area contributed by atoms with Gasteiger partial charge in [-0.2, -0.15) is 9.67 Å². The van der Waals surface area contributed by atoms with Gasteiger partial charge in [-0.1, -0.05) is 115 Å². The van der Waals surface area contributed by atoms with E-state index < -0.39 is 11.0 Å². The Balaban J connectivity index is 1.40. The van der Waals surface area contributed by atoms with E-state index in [2.05, 4.69) is 153 Å². The molecule has 9 rings (SSSR count). The summed E-state index contributed by atoms with van der Waals surface area (Å²) in [4.78, 5) is 4.42. The van der Waals surface area contributed by atoms with Crippen LogP contribution in [-0.2, 0) is 11.0 Å². The predicted molar refractivity (Wildman–Crippen MR) is 164 cm³/mol. The molecule has 1 aromatic heterocycles. The van der Waals surface area contributed by atoms with Gasteiger partial charge in [-0.25, -0.2) is 0 Å². The molecule has 3 aliphatic rings. The lowest BCUT2D eigenvalue weighted by atomic mass is 9.68. The highest BCUT2D eigenvalue weighted by molar-refractivity contribution is 5.86. The number of hydrogen-bond donors (Lipinski definition) is 1. The number of nitrogens with one attached hydrogen (secondary N) is 1. The molecule has 42 heavy (non-hydrogen) atoms. The van der Waals surface area contributed by atoms with Gasteiger partial charge in [-0.3, -0.25) is 5.10 Å². The standard InChI is InChI=1S/C38H25N4/c1-5-16-32-28(12-1)29-13-2-6-17-33(29)37(32,36-20-21-40-41-36)26-10-9-11-27(24-26)38(42-23-22-39-25-42)34-18-7-3-14-30(34)31-15-4-8-19-35(31)38/h1-24H,(H,40,41)/q+1. The zero-order valence-electron chi connectivity index (χ0n) is 22.7. The van der Waals surface area contributed by atoms with Gasteiger partial charge in [0.25, 0.3) is 0 Å². The number of H-pyrrole nitrogens is 1. The van der Waals surface area contributed by atoms with Crippen molar-refractivity contribution in [1.82, 2.24) is 10.2 Å². The molecule has 0 saturated heterocycles. The molecule has 0 atom stereocenters. The quantitative estimate of drug-likeness (QED) is 0.230. The Morgan fingerprint density at radius 2 is 1.12 bits per heavy atom. The van der Waals surface area contributed by atoms with Crippen molar-refractivity contribution < 1.29 is 4.58 Å². The Kier molecular flexibility index (Phi) is 4.67. The lowest BCUT2D eigenvalue weighted by molar-refractivity contribution is -0.522. The van der Waals surface area contributed by atoms with E-state index in [0.29, 0.717) is 0 Å². The van der Waals surface area contributed by atoms with Crippen molar-refractivity contribution in [2.24, 2.45) is 4.99 Å². The fourth-order valence-corrected chi connectivity index (χ4v) is 7.77. The molecule has 0 unspecified atom stereocenters. The molecule has 5 aromatic carbocycles. The van der Waals surface area contributed by atoms with Gasteiger partial charge in [0.05, 0.1) is 11.1 Å². The van der Waals surface area contributed by atoms with E-state index in [9.17, 15) is 0 Å². The van der Waals surface area contributed by atoms with Crippen LogP contribution in [0.5, 0.6) is 0 Å². The summed E-state index contributed by atoms with van der Waals surface area (Å²) in [7, 11) is 0. The third-order valence-electron chi connectivity index (χ3n) is 9.31. The minimum absolute atomic E-state index is 0.558. The molecular weight excluding hydrogens is 512 g/mol. The number of nitrogens with zero attached hydrogens (tertiary/aromatic N) is 3. The largest absolute Gasteiger partial charge is 0.319 e. The van der Waals surface area contributed by atoms with Crippen LogP contribution in [0.1, 0.15) is 39.1 Å². The Labute approximate surface area is 243 Å². The minimum atomic E-state index is -0.632. The van der Waals surface area contributed by atoms with E-state index in [1.54, 1.807) is 0 Å². The molecule has 196 valence electrons. The van der Waals surface area contributed by atoms with Crippen LogP contribution in [0.2, 0.25) is 0 Å². The topological polar surface area (TPSA) is 44.0 Å². The van der Waals surface area contributed by atoms with Gasteiger partial charge in [0.1, 0.15) is 6.20 Å². The highest BCUT2D eigenvalue weighted by Crippen LogP contribution is 2.57. The highest BCUT2D eigenvalue weighted by Gasteiger charge is 2.53. The van der Waals surface area contributed by atoms with E-state index in [4.69, 9.17) is 0 Å². The summed E-state index contributed by atoms with van der Waals surface area (Å²) in [6.45, 7) is 0. The molecule has 4 heteroatoms. The third kappa shape index (κ3) is 2.74. The van der Waals surface area contributed by atoms with Crippen LogP contribution in [0.3, 0.4) is 0 Å². The fourth-order valence-electron chi connectivity index (χ4n) is 7.77. The maximum Gasteiger partial charge on any atom is 0.319 e. The summed E-state index contributed by atoms with van der Waals surface area (Å²) >= 11 is 0. The van der Waals surface area contributed by atoms with Crippen LogP contribution >= 0.6 is 0 Å². The number of hydrogen-bond acceptors (Lipinski definition) is 2. The molecular formula is C38H25N4+. The molecule has 2 aliphatic carbocycles. The maximum atomic E-state index is 4.45. The van der Waals surface area contributed by atoms with E-state index >= 15 is 0 Å². The number of rotatable bonds is 4. The van der Waals surface area contributed by atoms with E-state index in [-0.39, 0.29) is 0 Å². The van der Waals surface area contributed by atoms with Crippen molar-refractivity contribution in [2.75, 3.05) is 0 Å². The van der Waals surface area contributed by atoms with Crippen LogP contribution in [-0.4, -0.2) is 20.8 Å². The van der Waals surface area contributed by atoms with Gasteiger partial charge in [0, 0.05) is 27.9 Å². The van der Waals surface area contributed by atoms with Gasteiger partial charge in [-0.05, 0) is 51.1 Å². The second-order valence-electron chi connectivity index (χ2n) is 11.1. The Hall–Kier alpha value is -5.57. The van der Waals surface area contributed by atoms with Crippen molar-refractivity contribution >= 4 is 6.01 Å².